The molecule has 0 radical (unpaired) electrons. The van der Waals surface area contributed by atoms with Crippen LogP contribution in [0.4, 0.5) is 5.95 Å². The summed E-state index contributed by atoms with van der Waals surface area (Å²) in [5, 5.41) is 24.2. The van der Waals surface area contributed by atoms with E-state index < -0.39 is 12.0 Å². The van der Waals surface area contributed by atoms with E-state index in [4.69, 9.17) is 4.74 Å². The molecule has 2 aromatic carbocycles. The summed E-state index contributed by atoms with van der Waals surface area (Å²) >= 11 is 0. The molecule has 9 heteroatoms. The van der Waals surface area contributed by atoms with Crippen LogP contribution in [-0.2, 0) is 9.53 Å². The monoisotopic (exact) mass is 377 g/mol. The summed E-state index contributed by atoms with van der Waals surface area (Å²) in [6, 6.07) is 14.1. The quantitative estimate of drug-likeness (QED) is 0.521. The van der Waals surface area contributed by atoms with E-state index in [0.29, 0.717) is 11.1 Å². The van der Waals surface area contributed by atoms with E-state index in [0.717, 1.165) is 0 Å². The number of fused-ring (bicyclic) bond motifs is 1. The van der Waals surface area contributed by atoms with Crippen molar-refractivity contribution in [3.8, 4) is 5.75 Å². The summed E-state index contributed by atoms with van der Waals surface area (Å²) in [4.78, 5) is 25.8. The SMILES string of the molecule is COC(=O)C1=C(C(=O)c2ccccc2)[C@@H](c2cccc(O)c2)n2nnnc2N1. The molecule has 0 fully saturated rings. The first-order chi connectivity index (χ1) is 13.6. The molecule has 0 saturated carbocycles. The van der Waals surface area contributed by atoms with Crippen molar-refractivity contribution in [2.24, 2.45) is 0 Å². The molecule has 1 aliphatic rings. The third-order valence-electron chi connectivity index (χ3n) is 4.37. The molecule has 9 nitrogen and oxygen atoms in total. The van der Waals surface area contributed by atoms with Gasteiger partial charge in [-0.05, 0) is 28.1 Å². The number of carbonyl (C=O) groups excluding carboxylic acids is 2. The third kappa shape index (κ3) is 2.88. The first-order valence-corrected chi connectivity index (χ1v) is 8.36. The van der Waals surface area contributed by atoms with E-state index >= 15 is 0 Å². The average Bonchev–Trinajstić information content (AvgIpc) is 3.20. The maximum atomic E-state index is 13.4. The first kappa shape index (κ1) is 17.4. The van der Waals surface area contributed by atoms with Crippen molar-refractivity contribution in [1.82, 2.24) is 20.2 Å². The van der Waals surface area contributed by atoms with E-state index in [2.05, 4.69) is 20.8 Å². The number of nitrogens with zero attached hydrogens (tertiary/aromatic N) is 4. The lowest BCUT2D eigenvalue weighted by Gasteiger charge is -2.28. The minimum absolute atomic E-state index is 0.0109. The van der Waals surface area contributed by atoms with Crippen molar-refractivity contribution in [3.63, 3.8) is 0 Å². The highest BCUT2D eigenvalue weighted by Crippen LogP contribution is 2.37. The normalized spacial score (nSPS) is 15.5. The number of hydrogen-bond acceptors (Lipinski definition) is 8. The van der Waals surface area contributed by atoms with E-state index in [9.17, 15) is 14.7 Å². The Bertz CT molecular complexity index is 1090. The summed E-state index contributed by atoms with van der Waals surface area (Å²) in [7, 11) is 1.22. The van der Waals surface area contributed by atoms with Gasteiger partial charge in [-0.15, -0.1) is 0 Å². The smallest absolute Gasteiger partial charge is 0.355 e. The standard InChI is InChI=1S/C19H15N5O4/c1-28-18(27)15-14(17(26)11-6-3-2-4-7-11)16(12-8-5-9-13(25)10-12)24-19(20-15)21-22-23-24/h2-10,16,25H,1H3,(H,20,21,23)/t16-/m1/s1. The van der Waals surface area contributed by atoms with E-state index in [-0.39, 0.29) is 28.8 Å². The van der Waals surface area contributed by atoms with Gasteiger partial charge < -0.3 is 15.2 Å². The number of tetrazole rings is 1. The van der Waals surface area contributed by atoms with Gasteiger partial charge in [-0.1, -0.05) is 47.6 Å². The number of aromatic hydroxyl groups is 1. The summed E-state index contributed by atoms with van der Waals surface area (Å²) < 4.78 is 6.25. The van der Waals surface area contributed by atoms with Crippen LogP contribution in [0.5, 0.6) is 5.75 Å². The van der Waals surface area contributed by atoms with Crippen molar-refractivity contribution >= 4 is 17.7 Å². The number of ether oxygens (including phenoxy) is 1. The number of benzene rings is 2. The number of ketones is 1. The van der Waals surface area contributed by atoms with Gasteiger partial charge in [0.05, 0.1) is 12.7 Å². The molecule has 28 heavy (non-hydrogen) atoms. The maximum absolute atomic E-state index is 13.4. The lowest BCUT2D eigenvalue weighted by atomic mass is 9.89. The van der Waals surface area contributed by atoms with Crippen LogP contribution < -0.4 is 5.32 Å². The average molecular weight is 377 g/mol. The number of carbonyl (C=O) groups is 2. The number of nitrogens with one attached hydrogen (secondary N) is 1. The number of rotatable bonds is 4. The Kier molecular flexibility index (Phi) is 4.32. The molecule has 2 N–H and O–H groups in total. The van der Waals surface area contributed by atoms with Gasteiger partial charge in [0.25, 0.3) is 0 Å². The summed E-state index contributed by atoms with van der Waals surface area (Å²) in [5.41, 5.74) is 0.994. The second-order valence-electron chi connectivity index (χ2n) is 6.04. The Morgan fingerprint density at radius 3 is 2.64 bits per heavy atom. The summed E-state index contributed by atoms with van der Waals surface area (Å²) in [5.74, 6) is -0.920. The second-order valence-corrected chi connectivity index (χ2v) is 6.04. The van der Waals surface area contributed by atoms with Crippen molar-refractivity contribution in [2.75, 3.05) is 12.4 Å². The minimum Gasteiger partial charge on any atom is -0.508 e. The molecule has 0 amide bonds. The molecule has 1 atom stereocenters. The molecule has 1 aliphatic heterocycles. The highest BCUT2D eigenvalue weighted by atomic mass is 16.5. The van der Waals surface area contributed by atoms with Gasteiger partial charge in [0, 0.05) is 5.56 Å². The van der Waals surface area contributed by atoms with E-state index in [1.54, 1.807) is 42.5 Å². The molecule has 1 aromatic heterocycles. The Morgan fingerprint density at radius 1 is 1.14 bits per heavy atom. The second kappa shape index (κ2) is 6.95. The Hall–Kier alpha value is -4.01. The highest BCUT2D eigenvalue weighted by Gasteiger charge is 2.38. The number of hydrogen-bond donors (Lipinski definition) is 2. The molecule has 0 aliphatic carbocycles. The zero-order valence-electron chi connectivity index (χ0n) is 14.7. The Labute approximate surface area is 159 Å². The highest BCUT2D eigenvalue weighted by molar-refractivity contribution is 6.14. The number of esters is 1. The lowest BCUT2D eigenvalue weighted by molar-refractivity contribution is -0.136. The lowest BCUT2D eigenvalue weighted by Crippen LogP contribution is -2.32. The molecular weight excluding hydrogens is 362 g/mol. The fourth-order valence-corrected chi connectivity index (χ4v) is 3.14. The van der Waals surface area contributed by atoms with Gasteiger partial charge >= 0.3 is 5.97 Å². The predicted octanol–water partition coefficient (Wildman–Crippen LogP) is 1.70. The van der Waals surface area contributed by atoms with Gasteiger partial charge in [-0.3, -0.25) is 4.79 Å². The Morgan fingerprint density at radius 2 is 1.93 bits per heavy atom. The molecular formula is C19H15N5O4. The molecule has 0 spiro atoms. The predicted molar refractivity (Wildman–Crippen MR) is 97.5 cm³/mol. The maximum Gasteiger partial charge on any atom is 0.355 e. The van der Waals surface area contributed by atoms with Crippen LogP contribution in [0.1, 0.15) is 22.0 Å². The van der Waals surface area contributed by atoms with Crippen molar-refractivity contribution in [1.29, 1.82) is 0 Å². The minimum atomic E-state index is -0.833. The number of Topliss-reactive ketones (excluding diaryl/α,β-unsaturated/α-hetero) is 1. The molecule has 0 bridgehead atoms. The number of methoxy groups -OCH3 is 1. The molecule has 2 heterocycles. The van der Waals surface area contributed by atoms with Crippen LogP contribution in [0.25, 0.3) is 0 Å². The largest absolute Gasteiger partial charge is 0.508 e. The molecule has 140 valence electrons. The molecule has 0 unspecified atom stereocenters. The number of aromatic nitrogens is 4. The van der Waals surface area contributed by atoms with Crippen LogP contribution in [0.15, 0.2) is 65.9 Å². The van der Waals surface area contributed by atoms with Crippen LogP contribution in [0.2, 0.25) is 0 Å². The van der Waals surface area contributed by atoms with Gasteiger partial charge in [0.2, 0.25) is 5.95 Å². The number of phenols is 1. The van der Waals surface area contributed by atoms with Crippen molar-refractivity contribution in [2.45, 2.75) is 6.04 Å². The van der Waals surface area contributed by atoms with Crippen LogP contribution in [0.3, 0.4) is 0 Å². The first-order valence-electron chi connectivity index (χ1n) is 8.36. The fourth-order valence-electron chi connectivity index (χ4n) is 3.14. The van der Waals surface area contributed by atoms with Gasteiger partial charge in [0.1, 0.15) is 17.5 Å². The van der Waals surface area contributed by atoms with E-state index in [1.807, 2.05) is 0 Å². The van der Waals surface area contributed by atoms with Gasteiger partial charge in [-0.2, -0.15) is 4.68 Å². The molecule has 3 aromatic rings. The van der Waals surface area contributed by atoms with Crippen molar-refractivity contribution in [3.05, 3.63) is 77.0 Å². The summed E-state index contributed by atoms with van der Waals surface area (Å²) in [6.07, 6.45) is 0. The van der Waals surface area contributed by atoms with Crippen LogP contribution >= 0.6 is 0 Å². The number of phenolic OH excluding ortho intramolecular Hbond substituents is 1. The third-order valence-corrected chi connectivity index (χ3v) is 4.37. The molecule has 0 saturated heterocycles. The zero-order chi connectivity index (χ0) is 19.7. The van der Waals surface area contributed by atoms with Gasteiger partial charge in [-0.25, -0.2) is 4.79 Å². The topological polar surface area (TPSA) is 119 Å². The van der Waals surface area contributed by atoms with Crippen LogP contribution in [0, 0.1) is 0 Å². The zero-order valence-corrected chi connectivity index (χ0v) is 14.7. The molecule has 4 rings (SSSR count). The Balaban J connectivity index is 1.97. The summed E-state index contributed by atoms with van der Waals surface area (Å²) in [6.45, 7) is 0. The van der Waals surface area contributed by atoms with Crippen LogP contribution in [-0.4, -0.2) is 44.2 Å². The number of allylic oxidation sites excluding steroid dienone is 1. The van der Waals surface area contributed by atoms with Gasteiger partial charge in [0.15, 0.2) is 5.78 Å². The fraction of sp³-hybridized carbons (Fsp3) is 0.105. The van der Waals surface area contributed by atoms with E-state index in [1.165, 1.54) is 23.9 Å². The van der Waals surface area contributed by atoms with Crippen molar-refractivity contribution < 1.29 is 19.4 Å². The number of anilines is 1.